The Hall–Kier alpha value is -4.37. The molecule has 0 aliphatic rings. The first kappa shape index (κ1) is 29.2. The van der Waals surface area contributed by atoms with Crippen molar-refractivity contribution < 1.29 is 34.2 Å². The van der Waals surface area contributed by atoms with Crippen molar-refractivity contribution in [2.24, 2.45) is 5.73 Å². The number of imidazole rings is 1. The van der Waals surface area contributed by atoms with Gasteiger partial charge in [-0.1, -0.05) is 18.2 Å². The molecular weight excluding hydrogens is 530 g/mol. The van der Waals surface area contributed by atoms with Crippen LogP contribution in [0.1, 0.15) is 17.7 Å². The molecule has 0 spiro atoms. The predicted octanol–water partition coefficient (Wildman–Crippen LogP) is -1.05. The van der Waals surface area contributed by atoms with Gasteiger partial charge in [0.2, 0.25) is 17.7 Å². The average Bonchev–Trinajstić information content (AvgIpc) is 3.56. The number of nitrogens with two attached hydrogens (primary N) is 1. The highest BCUT2D eigenvalue weighted by Gasteiger charge is 2.31. The molecule has 0 radical (unpaired) electrons. The van der Waals surface area contributed by atoms with Gasteiger partial charge in [-0.15, -0.1) is 0 Å². The highest BCUT2D eigenvalue weighted by atomic mass is 32.1. The minimum Gasteiger partial charge on any atom is -0.481 e. The first-order valence-corrected chi connectivity index (χ1v) is 12.5. The summed E-state index contributed by atoms with van der Waals surface area (Å²) in [5.41, 5.74) is 8.18. The molecule has 0 saturated carbocycles. The lowest BCUT2D eigenvalue weighted by Gasteiger charge is -2.23. The maximum atomic E-state index is 12.9. The number of H-pyrrole nitrogens is 2. The molecule has 3 rings (SSSR count). The summed E-state index contributed by atoms with van der Waals surface area (Å²) in [5.74, 6) is -5.54. The van der Waals surface area contributed by atoms with Gasteiger partial charge in [0.15, 0.2) is 0 Å². The standard InChI is InChI=1S/C24H29N7O7S/c25-15(5-12-8-27-16-4-2-1-3-14(12)16)21(34)31-19(10-39)23(36)29-17(7-20(32)33)22(35)30-18(24(37)38)6-13-9-26-11-28-13/h1-4,8-9,11,15,17-19,27,39H,5-7,10,25H2,(H,26,28)(H,29,36)(H,30,35)(H,31,34)(H,32,33)(H,37,38). The molecule has 2 heterocycles. The van der Waals surface area contributed by atoms with E-state index in [4.69, 9.17) is 5.73 Å². The molecule has 0 bridgehead atoms. The average molecular weight is 560 g/mol. The summed E-state index contributed by atoms with van der Waals surface area (Å²) in [6.45, 7) is 0. The fourth-order valence-electron chi connectivity index (χ4n) is 3.85. The van der Waals surface area contributed by atoms with Crippen LogP contribution < -0.4 is 21.7 Å². The number of carboxylic acids is 2. The quantitative estimate of drug-likeness (QED) is 0.109. The highest BCUT2D eigenvalue weighted by Crippen LogP contribution is 2.18. The predicted molar refractivity (Wildman–Crippen MR) is 142 cm³/mol. The molecule has 0 fully saturated rings. The number of aliphatic carboxylic acids is 2. The van der Waals surface area contributed by atoms with Crippen LogP contribution in [0, 0.1) is 0 Å². The summed E-state index contributed by atoms with van der Waals surface area (Å²) in [6, 6.07) is 2.16. The first-order valence-electron chi connectivity index (χ1n) is 11.8. The number of fused-ring (bicyclic) bond motifs is 1. The normalized spacial score (nSPS) is 14.1. The van der Waals surface area contributed by atoms with E-state index < -0.39 is 60.2 Å². The summed E-state index contributed by atoms with van der Waals surface area (Å²) in [5, 5.41) is 26.6. The summed E-state index contributed by atoms with van der Waals surface area (Å²) < 4.78 is 0. The Bertz CT molecular complexity index is 1330. The number of carboxylic acid groups (broad SMARTS) is 2. The molecule has 0 aliphatic carbocycles. The minimum atomic E-state index is -1.63. The van der Waals surface area contributed by atoms with Crippen LogP contribution >= 0.6 is 12.6 Å². The molecule has 14 nitrogen and oxygen atoms in total. The number of aromatic nitrogens is 3. The van der Waals surface area contributed by atoms with E-state index in [1.165, 1.54) is 12.5 Å². The topological polar surface area (TPSA) is 232 Å². The second-order valence-electron chi connectivity index (χ2n) is 8.75. The van der Waals surface area contributed by atoms with Gasteiger partial charge >= 0.3 is 11.9 Å². The van der Waals surface area contributed by atoms with Gasteiger partial charge in [0.1, 0.15) is 18.1 Å². The van der Waals surface area contributed by atoms with Crippen LogP contribution in [0.25, 0.3) is 10.9 Å². The lowest BCUT2D eigenvalue weighted by molar-refractivity contribution is -0.143. The second kappa shape index (κ2) is 13.4. The Labute approximate surface area is 227 Å². The zero-order chi connectivity index (χ0) is 28.5. The molecule has 208 valence electrons. The van der Waals surface area contributed by atoms with Gasteiger partial charge in [0.25, 0.3) is 0 Å². The molecule has 3 amide bonds. The van der Waals surface area contributed by atoms with E-state index in [0.29, 0.717) is 5.69 Å². The molecule has 3 aromatic rings. The number of nitrogens with one attached hydrogen (secondary N) is 5. The Morgan fingerprint density at radius 1 is 0.923 bits per heavy atom. The third kappa shape index (κ3) is 8.05. The van der Waals surface area contributed by atoms with Crippen LogP contribution in [0.15, 0.2) is 43.0 Å². The molecular formula is C24H29N7O7S. The third-order valence-corrected chi connectivity index (χ3v) is 6.24. The smallest absolute Gasteiger partial charge is 0.326 e. The number of amides is 3. The van der Waals surface area contributed by atoms with Gasteiger partial charge in [0.05, 0.1) is 18.8 Å². The molecule has 4 atom stereocenters. The van der Waals surface area contributed by atoms with Gasteiger partial charge in [-0.3, -0.25) is 19.2 Å². The van der Waals surface area contributed by atoms with Crippen molar-refractivity contribution in [2.75, 3.05) is 5.75 Å². The van der Waals surface area contributed by atoms with Crippen LogP contribution in [0.2, 0.25) is 0 Å². The van der Waals surface area contributed by atoms with E-state index in [1.54, 1.807) is 6.20 Å². The molecule has 15 heteroatoms. The Morgan fingerprint density at radius 2 is 1.59 bits per heavy atom. The molecule has 9 N–H and O–H groups in total. The molecule has 4 unspecified atom stereocenters. The number of nitrogens with zero attached hydrogens (tertiary/aromatic N) is 1. The summed E-state index contributed by atoms with van der Waals surface area (Å²) in [4.78, 5) is 71.0. The monoisotopic (exact) mass is 559 g/mol. The van der Waals surface area contributed by atoms with E-state index in [9.17, 15) is 34.2 Å². The fraction of sp³-hybridized carbons (Fsp3) is 0.333. The maximum absolute atomic E-state index is 12.9. The van der Waals surface area contributed by atoms with E-state index in [1.807, 2.05) is 24.3 Å². The Morgan fingerprint density at radius 3 is 2.23 bits per heavy atom. The number of carbonyl (C=O) groups excluding carboxylic acids is 3. The number of carbonyl (C=O) groups is 5. The summed E-state index contributed by atoms with van der Waals surface area (Å²) in [7, 11) is 0. The van der Waals surface area contributed by atoms with E-state index in [2.05, 4.69) is 43.5 Å². The zero-order valence-corrected chi connectivity index (χ0v) is 21.5. The van der Waals surface area contributed by atoms with E-state index in [0.717, 1.165) is 16.5 Å². The first-order chi connectivity index (χ1) is 18.6. The van der Waals surface area contributed by atoms with Crippen LogP contribution in [-0.4, -0.2) is 84.7 Å². The van der Waals surface area contributed by atoms with Gasteiger partial charge in [-0.2, -0.15) is 12.6 Å². The summed E-state index contributed by atoms with van der Waals surface area (Å²) >= 11 is 4.09. The number of benzene rings is 1. The number of hydrogen-bond donors (Lipinski definition) is 9. The van der Waals surface area contributed by atoms with Crippen molar-refractivity contribution in [1.29, 1.82) is 0 Å². The van der Waals surface area contributed by atoms with E-state index in [-0.39, 0.29) is 18.6 Å². The number of aromatic amines is 2. The molecule has 1 aromatic carbocycles. The molecule has 0 saturated heterocycles. The van der Waals surface area contributed by atoms with Crippen molar-refractivity contribution in [3.8, 4) is 0 Å². The van der Waals surface area contributed by atoms with Crippen molar-refractivity contribution in [1.82, 2.24) is 30.9 Å². The number of rotatable bonds is 14. The van der Waals surface area contributed by atoms with Crippen LogP contribution in [-0.2, 0) is 36.8 Å². The minimum absolute atomic E-state index is 0.154. The third-order valence-electron chi connectivity index (χ3n) is 5.87. The van der Waals surface area contributed by atoms with E-state index >= 15 is 0 Å². The van der Waals surface area contributed by atoms with Crippen molar-refractivity contribution in [2.45, 2.75) is 43.4 Å². The fourth-order valence-corrected chi connectivity index (χ4v) is 4.10. The van der Waals surface area contributed by atoms with Crippen LogP contribution in [0.4, 0.5) is 0 Å². The van der Waals surface area contributed by atoms with Gasteiger partial charge in [-0.25, -0.2) is 9.78 Å². The number of hydrogen-bond acceptors (Lipinski definition) is 8. The van der Waals surface area contributed by atoms with Crippen LogP contribution in [0.3, 0.4) is 0 Å². The van der Waals surface area contributed by atoms with Crippen LogP contribution in [0.5, 0.6) is 0 Å². The second-order valence-corrected chi connectivity index (χ2v) is 9.12. The van der Waals surface area contributed by atoms with Gasteiger partial charge in [0, 0.05) is 41.2 Å². The molecule has 39 heavy (non-hydrogen) atoms. The Balaban J connectivity index is 1.63. The number of thiol groups is 1. The van der Waals surface area contributed by atoms with Crippen molar-refractivity contribution in [3.05, 3.63) is 54.2 Å². The maximum Gasteiger partial charge on any atom is 0.326 e. The SMILES string of the molecule is NC(Cc1c[nH]c2ccccc12)C(=O)NC(CS)C(=O)NC(CC(=O)O)C(=O)NC(Cc1cnc[nH]1)C(=O)O. The zero-order valence-electron chi connectivity index (χ0n) is 20.6. The van der Waals surface area contributed by atoms with Crippen molar-refractivity contribution >= 4 is 53.2 Å². The molecule has 0 aliphatic heterocycles. The highest BCUT2D eigenvalue weighted by molar-refractivity contribution is 7.80. The lowest BCUT2D eigenvalue weighted by Crippen LogP contribution is -2.58. The number of para-hydroxylation sites is 1. The van der Waals surface area contributed by atoms with Gasteiger partial charge < -0.3 is 41.9 Å². The Kier molecular flexibility index (Phi) is 10.1. The lowest BCUT2D eigenvalue weighted by atomic mass is 10.0. The molecule has 2 aromatic heterocycles. The van der Waals surface area contributed by atoms with Crippen molar-refractivity contribution in [3.63, 3.8) is 0 Å². The van der Waals surface area contributed by atoms with Gasteiger partial charge in [-0.05, 0) is 18.1 Å². The largest absolute Gasteiger partial charge is 0.481 e. The summed E-state index contributed by atoms with van der Waals surface area (Å²) in [6.07, 6.45) is 3.64.